The zero-order valence-electron chi connectivity index (χ0n) is 13.7. The summed E-state index contributed by atoms with van der Waals surface area (Å²) in [4.78, 5) is 21.6. The average Bonchev–Trinajstić information content (AvgIpc) is 3.13. The average molecular weight is 346 g/mol. The molecular weight excluding hydrogens is 332 g/mol. The molecule has 0 bridgehead atoms. The molecule has 0 atom stereocenters. The first-order valence-electron chi connectivity index (χ1n) is 8.22. The van der Waals surface area contributed by atoms with Crippen LogP contribution in [0.4, 0.5) is 0 Å². The van der Waals surface area contributed by atoms with Crippen molar-refractivity contribution in [3.63, 3.8) is 0 Å². The Hall–Kier alpha value is -3.61. The highest BCUT2D eigenvalue weighted by molar-refractivity contribution is 5.76. The third-order valence-electron chi connectivity index (χ3n) is 4.28. The van der Waals surface area contributed by atoms with Crippen molar-refractivity contribution in [3.05, 3.63) is 65.2 Å². The number of nitrogens with one attached hydrogen (secondary N) is 1. The number of aromatic nitrogens is 4. The highest BCUT2D eigenvalue weighted by Gasteiger charge is 2.16. The van der Waals surface area contributed by atoms with E-state index < -0.39 is 0 Å². The largest absolute Gasteiger partial charge is 0.486 e. The van der Waals surface area contributed by atoms with Gasteiger partial charge in [-0.3, -0.25) is 14.9 Å². The number of rotatable bonds is 2. The second kappa shape index (κ2) is 5.73. The summed E-state index contributed by atoms with van der Waals surface area (Å²) < 4.78 is 12.6. The maximum atomic E-state index is 12.5. The van der Waals surface area contributed by atoms with Crippen LogP contribution in [0.3, 0.4) is 0 Å². The van der Waals surface area contributed by atoms with Gasteiger partial charge in [-0.1, -0.05) is 6.07 Å². The summed E-state index contributed by atoms with van der Waals surface area (Å²) in [6.45, 7) is 1.04. The Balaban J connectivity index is 1.69. The smallest absolute Gasteiger partial charge is 0.273 e. The van der Waals surface area contributed by atoms with Gasteiger partial charge in [-0.05, 0) is 30.3 Å². The van der Waals surface area contributed by atoms with E-state index in [4.69, 9.17) is 9.47 Å². The third-order valence-corrected chi connectivity index (χ3v) is 4.28. The Morgan fingerprint density at radius 1 is 1.00 bits per heavy atom. The molecule has 7 heteroatoms. The standard InChI is InChI=1S/C19H14N4O3/c24-18-10-15(12-4-5-16-17(9-12)26-8-7-25-16)22-19-13(11-21-23(18)19)14-3-1-2-6-20-14/h1-6,9-11,21H,7-8H2. The molecular formula is C19H14N4O3. The van der Waals surface area contributed by atoms with Gasteiger partial charge < -0.3 is 9.47 Å². The van der Waals surface area contributed by atoms with Crippen LogP contribution >= 0.6 is 0 Å². The normalized spacial score (nSPS) is 13.1. The lowest BCUT2D eigenvalue weighted by Gasteiger charge is -2.18. The van der Waals surface area contributed by atoms with Gasteiger partial charge in [-0.15, -0.1) is 0 Å². The fourth-order valence-electron chi connectivity index (χ4n) is 3.04. The number of H-pyrrole nitrogens is 1. The van der Waals surface area contributed by atoms with Crippen molar-refractivity contribution >= 4 is 5.65 Å². The van der Waals surface area contributed by atoms with Gasteiger partial charge >= 0.3 is 0 Å². The Morgan fingerprint density at radius 3 is 2.73 bits per heavy atom. The first-order valence-corrected chi connectivity index (χ1v) is 8.22. The number of fused-ring (bicyclic) bond motifs is 2. The van der Waals surface area contributed by atoms with E-state index in [1.807, 2.05) is 36.4 Å². The highest BCUT2D eigenvalue weighted by atomic mass is 16.6. The number of pyridine rings is 1. The molecule has 3 aromatic heterocycles. The SMILES string of the molecule is O=c1cc(-c2ccc3c(c2)OCCO3)nc2c(-c3ccccn3)c[nH]n12. The molecule has 5 rings (SSSR count). The predicted molar refractivity (Wildman–Crippen MR) is 95.5 cm³/mol. The van der Waals surface area contributed by atoms with E-state index in [1.54, 1.807) is 12.4 Å². The lowest BCUT2D eigenvalue weighted by molar-refractivity contribution is 0.171. The number of ether oxygens (including phenoxy) is 2. The molecule has 4 aromatic rings. The molecule has 0 spiro atoms. The molecule has 26 heavy (non-hydrogen) atoms. The van der Waals surface area contributed by atoms with Crippen molar-refractivity contribution in [2.75, 3.05) is 13.2 Å². The van der Waals surface area contributed by atoms with Crippen LogP contribution in [-0.4, -0.2) is 32.8 Å². The summed E-state index contributed by atoms with van der Waals surface area (Å²) >= 11 is 0. The van der Waals surface area contributed by atoms with Crippen molar-refractivity contribution in [3.8, 4) is 34.0 Å². The Bertz CT molecular complexity index is 1160. The number of hydrogen-bond acceptors (Lipinski definition) is 5. The predicted octanol–water partition coefficient (Wildman–Crippen LogP) is 2.52. The van der Waals surface area contributed by atoms with Crippen LogP contribution in [0.5, 0.6) is 11.5 Å². The summed E-state index contributed by atoms with van der Waals surface area (Å²) in [7, 11) is 0. The van der Waals surface area contributed by atoms with Gasteiger partial charge in [0, 0.05) is 24.0 Å². The molecule has 0 saturated carbocycles. The Labute approximate surface area is 147 Å². The summed E-state index contributed by atoms with van der Waals surface area (Å²) in [5.74, 6) is 1.36. The zero-order valence-corrected chi connectivity index (χ0v) is 13.7. The fraction of sp³-hybridized carbons (Fsp3) is 0.105. The van der Waals surface area contributed by atoms with Crippen molar-refractivity contribution in [2.45, 2.75) is 0 Å². The Kier molecular flexibility index (Phi) is 3.24. The third kappa shape index (κ3) is 2.33. The van der Waals surface area contributed by atoms with Crippen LogP contribution in [0.1, 0.15) is 0 Å². The van der Waals surface area contributed by atoms with Crippen LogP contribution in [0, 0.1) is 0 Å². The zero-order chi connectivity index (χ0) is 17.5. The van der Waals surface area contributed by atoms with Crippen LogP contribution in [0.2, 0.25) is 0 Å². The lowest BCUT2D eigenvalue weighted by atomic mass is 10.1. The summed E-state index contributed by atoms with van der Waals surface area (Å²) in [6.07, 6.45) is 3.45. The minimum Gasteiger partial charge on any atom is -0.486 e. The molecule has 1 N–H and O–H groups in total. The van der Waals surface area contributed by atoms with Gasteiger partial charge in [0.15, 0.2) is 17.1 Å². The first kappa shape index (κ1) is 14.7. The topological polar surface area (TPSA) is 81.5 Å². The van der Waals surface area contributed by atoms with Crippen molar-refractivity contribution in [1.82, 2.24) is 19.6 Å². The highest BCUT2D eigenvalue weighted by Crippen LogP contribution is 2.34. The van der Waals surface area contributed by atoms with Gasteiger partial charge in [0.05, 0.1) is 17.0 Å². The minimum absolute atomic E-state index is 0.193. The molecule has 1 aromatic carbocycles. The number of benzene rings is 1. The van der Waals surface area contributed by atoms with Crippen LogP contribution in [-0.2, 0) is 0 Å². The molecule has 0 unspecified atom stereocenters. The summed E-state index contributed by atoms with van der Waals surface area (Å²) in [5.41, 5.74) is 3.22. The van der Waals surface area contributed by atoms with Crippen molar-refractivity contribution < 1.29 is 9.47 Å². The van der Waals surface area contributed by atoms with Crippen LogP contribution in [0.25, 0.3) is 28.2 Å². The number of hydrogen-bond donors (Lipinski definition) is 1. The van der Waals surface area contributed by atoms with Gasteiger partial charge in [-0.25, -0.2) is 9.50 Å². The van der Waals surface area contributed by atoms with E-state index in [0.29, 0.717) is 36.1 Å². The van der Waals surface area contributed by atoms with E-state index in [0.717, 1.165) is 16.8 Å². The van der Waals surface area contributed by atoms with Crippen molar-refractivity contribution in [2.24, 2.45) is 0 Å². The quantitative estimate of drug-likeness (QED) is 0.603. The Morgan fingerprint density at radius 2 is 1.88 bits per heavy atom. The molecule has 4 heterocycles. The van der Waals surface area contributed by atoms with Gasteiger partial charge in [0.2, 0.25) is 0 Å². The van der Waals surface area contributed by atoms with E-state index in [2.05, 4.69) is 15.1 Å². The van der Waals surface area contributed by atoms with Crippen LogP contribution < -0.4 is 15.0 Å². The summed E-state index contributed by atoms with van der Waals surface area (Å²) in [6, 6.07) is 12.7. The van der Waals surface area contributed by atoms with Gasteiger partial charge in [0.25, 0.3) is 5.56 Å². The molecule has 1 aliphatic heterocycles. The summed E-state index contributed by atoms with van der Waals surface area (Å²) in [5, 5.41) is 2.94. The second-order valence-electron chi connectivity index (χ2n) is 5.90. The first-order chi connectivity index (χ1) is 12.8. The number of nitrogens with zero attached hydrogens (tertiary/aromatic N) is 3. The van der Waals surface area contributed by atoms with E-state index >= 15 is 0 Å². The molecule has 0 aliphatic carbocycles. The maximum Gasteiger partial charge on any atom is 0.273 e. The maximum absolute atomic E-state index is 12.5. The monoisotopic (exact) mass is 346 g/mol. The fourth-order valence-corrected chi connectivity index (χ4v) is 3.04. The lowest BCUT2D eigenvalue weighted by Crippen LogP contribution is -2.16. The van der Waals surface area contributed by atoms with E-state index in [-0.39, 0.29) is 5.56 Å². The number of aromatic amines is 1. The molecule has 128 valence electrons. The molecule has 0 radical (unpaired) electrons. The van der Waals surface area contributed by atoms with Crippen molar-refractivity contribution in [1.29, 1.82) is 0 Å². The van der Waals surface area contributed by atoms with E-state index in [9.17, 15) is 4.79 Å². The van der Waals surface area contributed by atoms with Gasteiger partial charge in [-0.2, -0.15) is 0 Å². The van der Waals surface area contributed by atoms with Gasteiger partial charge in [0.1, 0.15) is 13.2 Å². The second-order valence-corrected chi connectivity index (χ2v) is 5.90. The molecule has 1 aliphatic rings. The van der Waals surface area contributed by atoms with Crippen LogP contribution in [0.15, 0.2) is 59.7 Å². The van der Waals surface area contributed by atoms with E-state index in [1.165, 1.54) is 10.6 Å². The molecule has 0 fully saturated rings. The minimum atomic E-state index is -0.193. The molecule has 0 amide bonds. The molecule has 7 nitrogen and oxygen atoms in total. The molecule has 0 saturated heterocycles.